The van der Waals surface area contributed by atoms with Crippen LogP contribution >= 0.6 is 11.3 Å². The van der Waals surface area contributed by atoms with Crippen LogP contribution in [0.3, 0.4) is 0 Å². The van der Waals surface area contributed by atoms with Crippen molar-refractivity contribution in [3.05, 3.63) is 55.7 Å². The lowest BCUT2D eigenvalue weighted by atomic mass is 10.2. The molecule has 13 heteroatoms. The van der Waals surface area contributed by atoms with Crippen molar-refractivity contribution in [2.75, 3.05) is 26.3 Å². The number of morpholine rings is 1. The summed E-state index contributed by atoms with van der Waals surface area (Å²) in [6, 6.07) is 4.49. The number of ether oxygens (including phenoxy) is 1. The van der Waals surface area contributed by atoms with E-state index in [1.807, 2.05) is 0 Å². The van der Waals surface area contributed by atoms with E-state index in [-0.39, 0.29) is 27.4 Å². The van der Waals surface area contributed by atoms with Crippen molar-refractivity contribution in [1.82, 2.24) is 24.6 Å². The number of H-pyrrole nitrogens is 2. The van der Waals surface area contributed by atoms with Gasteiger partial charge in [0.05, 0.1) is 30.7 Å². The lowest BCUT2D eigenvalue weighted by molar-refractivity contribution is 0.0731. The summed E-state index contributed by atoms with van der Waals surface area (Å²) in [6.07, 6.45) is 1.25. The van der Waals surface area contributed by atoms with Crippen molar-refractivity contribution in [3.8, 4) is 0 Å². The summed E-state index contributed by atoms with van der Waals surface area (Å²) < 4.78 is 32.1. The van der Waals surface area contributed by atoms with Crippen LogP contribution in [0, 0.1) is 0 Å². The lowest BCUT2D eigenvalue weighted by Gasteiger charge is -2.25. The summed E-state index contributed by atoms with van der Waals surface area (Å²) in [5.74, 6) is -0.485. The normalized spacial score (nSPS) is 15.3. The molecule has 1 amide bonds. The van der Waals surface area contributed by atoms with Gasteiger partial charge in [0.15, 0.2) is 0 Å². The molecule has 3 N–H and O–H groups in total. The van der Waals surface area contributed by atoms with Crippen LogP contribution < -0.4 is 16.6 Å². The highest BCUT2D eigenvalue weighted by atomic mass is 32.2. The average molecular weight is 451 g/mol. The van der Waals surface area contributed by atoms with E-state index in [1.165, 1.54) is 22.6 Å². The van der Waals surface area contributed by atoms with Gasteiger partial charge in [-0.15, -0.1) is 11.3 Å². The molecular formula is C17H17N5O6S2. The number of carbonyl (C=O) groups is 1. The van der Waals surface area contributed by atoms with Crippen LogP contribution in [0.2, 0.25) is 0 Å². The molecule has 0 saturated carbocycles. The summed E-state index contributed by atoms with van der Waals surface area (Å²) in [6.45, 7) is 1.47. The molecule has 1 fully saturated rings. The average Bonchev–Trinajstić information content (AvgIpc) is 3.22. The van der Waals surface area contributed by atoms with Gasteiger partial charge in [-0.3, -0.25) is 19.6 Å². The molecule has 0 radical (unpaired) electrons. The molecule has 3 aromatic heterocycles. The molecule has 0 aromatic carbocycles. The number of fused-ring (bicyclic) bond motifs is 1. The molecule has 30 heavy (non-hydrogen) atoms. The van der Waals surface area contributed by atoms with Crippen LogP contribution in [-0.4, -0.2) is 59.9 Å². The maximum atomic E-state index is 12.7. The first-order chi connectivity index (χ1) is 14.3. The van der Waals surface area contributed by atoms with Gasteiger partial charge in [-0.25, -0.2) is 18.2 Å². The van der Waals surface area contributed by atoms with Gasteiger partial charge in [0.25, 0.3) is 21.5 Å². The van der Waals surface area contributed by atoms with E-state index in [2.05, 4.69) is 20.3 Å². The predicted molar refractivity (Wildman–Crippen MR) is 108 cm³/mol. The molecular weight excluding hydrogens is 434 g/mol. The topological polar surface area (TPSA) is 154 Å². The van der Waals surface area contributed by atoms with Crippen molar-refractivity contribution in [2.24, 2.45) is 0 Å². The molecule has 0 atom stereocenters. The third-order valence-corrected chi connectivity index (χ3v) is 7.93. The Hall–Kier alpha value is -2.87. The zero-order chi connectivity index (χ0) is 21.3. The summed E-state index contributed by atoms with van der Waals surface area (Å²) >= 11 is 1.08. The number of thiophene rings is 1. The zero-order valence-corrected chi connectivity index (χ0v) is 17.1. The van der Waals surface area contributed by atoms with Crippen molar-refractivity contribution in [3.63, 3.8) is 0 Å². The summed E-state index contributed by atoms with van der Waals surface area (Å²) in [7, 11) is -3.58. The minimum Gasteiger partial charge on any atom is -0.379 e. The molecule has 0 unspecified atom stereocenters. The van der Waals surface area contributed by atoms with Crippen LogP contribution in [0.25, 0.3) is 11.0 Å². The van der Waals surface area contributed by atoms with E-state index >= 15 is 0 Å². The number of sulfonamides is 1. The Kier molecular flexibility index (Phi) is 5.51. The maximum Gasteiger partial charge on any atom is 0.327 e. The fourth-order valence-corrected chi connectivity index (χ4v) is 5.80. The third kappa shape index (κ3) is 4.05. The highest BCUT2D eigenvalue weighted by molar-refractivity contribution is 7.91. The monoisotopic (exact) mass is 451 g/mol. The number of nitrogens with zero attached hydrogens (tertiary/aromatic N) is 2. The number of carbonyl (C=O) groups excluding carboxylic acids is 1. The predicted octanol–water partition coefficient (Wildman–Crippen LogP) is -0.376. The number of hydrogen-bond acceptors (Lipinski definition) is 8. The Balaban J connectivity index is 1.46. The van der Waals surface area contributed by atoms with Gasteiger partial charge < -0.3 is 10.1 Å². The molecule has 0 aliphatic carbocycles. The standard InChI is InChI=1S/C17H17N5O6S2/c23-15(10-7-12-14(18-8-10)20-17(25)21-16(12)24)19-9-11-1-2-13(29-11)30(26,27)22-3-5-28-6-4-22/h1-2,7-8H,3-6,9H2,(H,19,23)(H2,18,20,21,24,25). The third-order valence-electron chi connectivity index (χ3n) is 4.48. The Morgan fingerprint density at radius 1 is 1.23 bits per heavy atom. The molecule has 1 aliphatic heterocycles. The molecule has 0 spiro atoms. The molecule has 11 nitrogen and oxygen atoms in total. The van der Waals surface area contributed by atoms with E-state index < -0.39 is 27.2 Å². The Morgan fingerprint density at radius 2 is 2.00 bits per heavy atom. The van der Waals surface area contributed by atoms with Crippen LogP contribution in [0.4, 0.5) is 0 Å². The lowest BCUT2D eigenvalue weighted by Crippen LogP contribution is -2.40. The van der Waals surface area contributed by atoms with Crippen molar-refractivity contribution in [2.45, 2.75) is 10.8 Å². The largest absolute Gasteiger partial charge is 0.379 e. The minimum atomic E-state index is -3.58. The number of rotatable bonds is 5. The number of aromatic nitrogens is 3. The molecule has 4 heterocycles. The number of pyridine rings is 1. The van der Waals surface area contributed by atoms with Gasteiger partial charge in [-0.2, -0.15) is 4.31 Å². The Morgan fingerprint density at radius 3 is 2.77 bits per heavy atom. The smallest absolute Gasteiger partial charge is 0.327 e. The van der Waals surface area contributed by atoms with Crippen molar-refractivity contribution >= 4 is 38.3 Å². The van der Waals surface area contributed by atoms with E-state index in [9.17, 15) is 22.8 Å². The molecule has 1 saturated heterocycles. The Labute approximate surface area is 173 Å². The molecule has 0 bridgehead atoms. The molecule has 4 rings (SSSR count). The maximum absolute atomic E-state index is 12.7. The van der Waals surface area contributed by atoms with Crippen LogP contribution in [0.15, 0.2) is 38.2 Å². The molecule has 3 aromatic rings. The molecule has 158 valence electrons. The number of amides is 1. The number of hydrogen-bond donors (Lipinski definition) is 3. The van der Waals surface area contributed by atoms with Crippen LogP contribution in [0.5, 0.6) is 0 Å². The molecule has 1 aliphatic rings. The van der Waals surface area contributed by atoms with Gasteiger partial charge >= 0.3 is 5.69 Å². The summed E-state index contributed by atoms with van der Waals surface area (Å²) in [4.78, 5) is 44.6. The summed E-state index contributed by atoms with van der Waals surface area (Å²) in [5, 5.41) is 2.75. The van der Waals surface area contributed by atoms with Gasteiger partial charge in [0.2, 0.25) is 0 Å². The number of aromatic amines is 2. The quantitative estimate of drug-likeness (QED) is 0.478. The first kappa shape index (κ1) is 20.4. The van der Waals surface area contributed by atoms with Crippen molar-refractivity contribution in [1.29, 1.82) is 0 Å². The zero-order valence-electron chi connectivity index (χ0n) is 15.5. The van der Waals surface area contributed by atoms with Gasteiger partial charge in [0.1, 0.15) is 9.86 Å². The van der Waals surface area contributed by atoms with Gasteiger partial charge in [-0.05, 0) is 18.2 Å². The second-order valence-corrected chi connectivity index (χ2v) is 9.78. The fourth-order valence-electron chi connectivity index (χ4n) is 2.95. The minimum absolute atomic E-state index is 0.0801. The Bertz CT molecular complexity index is 1320. The fraction of sp³-hybridized carbons (Fsp3) is 0.294. The van der Waals surface area contributed by atoms with E-state index in [0.29, 0.717) is 31.2 Å². The van der Waals surface area contributed by atoms with Crippen LogP contribution in [0.1, 0.15) is 15.2 Å². The summed E-state index contributed by atoms with van der Waals surface area (Å²) in [5.41, 5.74) is -1.11. The van der Waals surface area contributed by atoms with Crippen molar-refractivity contribution < 1.29 is 17.9 Å². The highest BCUT2D eigenvalue weighted by Crippen LogP contribution is 2.25. The second-order valence-electron chi connectivity index (χ2n) is 6.45. The van der Waals surface area contributed by atoms with E-state index in [4.69, 9.17) is 4.74 Å². The van der Waals surface area contributed by atoms with E-state index in [0.717, 1.165) is 11.3 Å². The first-order valence-electron chi connectivity index (χ1n) is 8.92. The van der Waals surface area contributed by atoms with Gasteiger partial charge in [0, 0.05) is 24.2 Å². The second kappa shape index (κ2) is 8.10. The highest BCUT2D eigenvalue weighted by Gasteiger charge is 2.27. The SMILES string of the molecule is O=C(NCc1ccc(S(=O)(=O)N2CCOCC2)s1)c1cnc2[nH]c(=O)[nH]c(=O)c2c1. The van der Waals surface area contributed by atoms with Crippen LogP contribution in [-0.2, 0) is 21.3 Å². The number of nitrogens with one attached hydrogen (secondary N) is 3. The van der Waals surface area contributed by atoms with E-state index in [1.54, 1.807) is 6.07 Å². The first-order valence-corrected chi connectivity index (χ1v) is 11.2. The van der Waals surface area contributed by atoms with Gasteiger partial charge in [-0.1, -0.05) is 0 Å².